The highest BCUT2D eigenvalue weighted by Gasteiger charge is 2.08. The quantitative estimate of drug-likeness (QED) is 0.594. The molecule has 0 saturated carbocycles. The smallest absolute Gasteiger partial charge is 0.275 e. The molecule has 0 fully saturated rings. The number of aryl methyl sites for hydroxylation is 1. The topological polar surface area (TPSA) is 73.3 Å². The zero-order valence-corrected chi connectivity index (χ0v) is 12.4. The van der Waals surface area contributed by atoms with Crippen LogP contribution in [0.15, 0.2) is 40.0 Å². The van der Waals surface area contributed by atoms with Gasteiger partial charge in [-0.2, -0.15) is 9.61 Å². The fourth-order valence-electron chi connectivity index (χ4n) is 1.77. The molecule has 0 atom stereocenters. The highest BCUT2D eigenvalue weighted by molar-refractivity contribution is 7.98. The molecule has 2 aromatic heterocycles. The van der Waals surface area contributed by atoms with E-state index in [1.165, 1.54) is 21.9 Å². The minimum absolute atomic E-state index is 0.140. The molecule has 1 aromatic carbocycles. The summed E-state index contributed by atoms with van der Waals surface area (Å²) in [6.07, 6.45) is 0. The predicted octanol–water partition coefficient (Wildman–Crippen LogP) is 2.33. The Bertz CT molecular complexity index is 825. The SMILES string of the molecule is Cc1cc(=O)n2nc(CSc3ccccc3N)sc2n1. The van der Waals surface area contributed by atoms with Crippen LogP contribution >= 0.6 is 23.1 Å². The number of para-hydroxylation sites is 1. The van der Waals surface area contributed by atoms with Crippen molar-refractivity contribution in [1.29, 1.82) is 0 Å². The van der Waals surface area contributed by atoms with Crippen LogP contribution in [0.2, 0.25) is 0 Å². The molecule has 0 spiro atoms. The molecule has 0 aliphatic heterocycles. The number of rotatable bonds is 3. The van der Waals surface area contributed by atoms with E-state index < -0.39 is 0 Å². The molecule has 5 nitrogen and oxygen atoms in total. The maximum Gasteiger partial charge on any atom is 0.275 e. The third-order valence-corrected chi connectivity index (χ3v) is 4.88. The van der Waals surface area contributed by atoms with Gasteiger partial charge in [0.1, 0.15) is 5.01 Å². The largest absolute Gasteiger partial charge is 0.398 e. The molecule has 0 aliphatic carbocycles. The summed E-state index contributed by atoms with van der Waals surface area (Å²) in [5.74, 6) is 0.667. The number of nitrogens with zero attached hydrogens (tertiary/aromatic N) is 3. The Balaban J connectivity index is 1.87. The van der Waals surface area contributed by atoms with E-state index in [1.807, 2.05) is 24.3 Å². The molecule has 3 aromatic rings. The van der Waals surface area contributed by atoms with Crippen LogP contribution in [0.4, 0.5) is 5.69 Å². The maximum absolute atomic E-state index is 11.8. The van der Waals surface area contributed by atoms with Crippen LogP contribution in [0.1, 0.15) is 10.7 Å². The fourth-order valence-corrected chi connectivity index (χ4v) is 3.67. The van der Waals surface area contributed by atoms with Crippen molar-refractivity contribution >= 4 is 33.7 Å². The molecule has 2 N–H and O–H groups in total. The lowest BCUT2D eigenvalue weighted by atomic mass is 10.3. The van der Waals surface area contributed by atoms with E-state index in [4.69, 9.17) is 5.73 Å². The lowest BCUT2D eigenvalue weighted by Gasteiger charge is -2.02. The van der Waals surface area contributed by atoms with Gasteiger partial charge >= 0.3 is 0 Å². The Morgan fingerprint density at radius 1 is 1.40 bits per heavy atom. The summed E-state index contributed by atoms with van der Waals surface area (Å²) in [5, 5.41) is 5.15. The second kappa shape index (κ2) is 5.26. The number of thioether (sulfide) groups is 1. The van der Waals surface area contributed by atoms with Gasteiger partial charge in [-0.05, 0) is 19.1 Å². The average Bonchev–Trinajstić information content (AvgIpc) is 2.81. The number of benzene rings is 1. The van der Waals surface area contributed by atoms with Crippen molar-refractivity contribution in [2.75, 3.05) is 5.73 Å². The van der Waals surface area contributed by atoms with Crippen molar-refractivity contribution in [2.45, 2.75) is 17.6 Å². The summed E-state index contributed by atoms with van der Waals surface area (Å²) >= 11 is 3.03. The normalized spacial score (nSPS) is 11.1. The van der Waals surface area contributed by atoms with Gasteiger partial charge < -0.3 is 5.73 Å². The van der Waals surface area contributed by atoms with Crippen LogP contribution in [0.3, 0.4) is 0 Å². The van der Waals surface area contributed by atoms with Gasteiger partial charge in [0, 0.05) is 22.3 Å². The number of hydrogen-bond donors (Lipinski definition) is 1. The van der Waals surface area contributed by atoms with Gasteiger partial charge in [0.05, 0.1) is 5.75 Å². The molecular formula is C13H12N4OS2. The van der Waals surface area contributed by atoms with E-state index >= 15 is 0 Å². The van der Waals surface area contributed by atoms with E-state index in [-0.39, 0.29) is 5.56 Å². The monoisotopic (exact) mass is 304 g/mol. The number of fused-ring (bicyclic) bond motifs is 1. The molecule has 0 saturated heterocycles. The molecule has 0 aliphatic rings. The molecule has 20 heavy (non-hydrogen) atoms. The van der Waals surface area contributed by atoms with Crippen molar-refractivity contribution < 1.29 is 0 Å². The molecule has 0 radical (unpaired) electrons. The van der Waals surface area contributed by atoms with Crippen LogP contribution in [0.5, 0.6) is 0 Å². The van der Waals surface area contributed by atoms with Crippen molar-refractivity contribution in [1.82, 2.24) is 14.6 Å². The van der Waals surface area contributed by atoms with Crippen molar-refractivity contribution in [3.05, 3.63) is 51.4 Å². The number of anilines is 1. The summed E-state index contributed by atoms with van der Waals surface area (Å²) in [4.78, 5) is 17.7. The summed E-state index contributed by atoms with van der Waals surface area (Å²) in [6.45, 7) is 1.81. The van der Waals surface area contributed by atoms with Gasteiger partial charge in [-0.1, -0.05) is 23.5 Å². The van der Waals surface area contributed by atoms with E-state index in [0.29, 0.717) is 16.4 Å². The minimum atomic E-state index is -0.140. The van der Waals surface area contributed by atoms with Crippen molar-refractivity contribution in [2.24, 2.45) is 0 Å². The maximum atomic E-state index is 11.8. The van der Waals surface area contributed by atoms with E-state index in [2.05, 4.69) is 10.1 Å². The highest BCUT2D eigenvalue weighted by Crippen LogP contribution is 2.28. The Hall–Kier alpha value is -1.86. The Morgan fingerprint density at radius 3 is 3.00 bits per heavy atom. The molecule has 7 heteroatoms. The lowest BCUT2D eigenvalue weighted by Crippen LogP contribution is -2.14. The Labute approximate surface area is 123 Å². The van der Waals surface area contributed by atoms with Gasteiger partial charge in [-0.15, -0.1) is 11.8 Å². The van der Waals surface area contributed by atoms with Crippen LogP contribution in [0.25, 0.3) is 4.96 Å². The average molecular weight is 304 g/mol. The Kier molecular flexibility index (Phi) is 3.45. The predicted molar refractivity (Wildman–Crippen MR) is 82.3 cm³/mol. The summed E-state index contributed by atoms with van der Waals surface area (Å²) in [7, 11) is 0. The standard InChI is InChI=1S/C13H12N4OS2/c1-8-6-12(18)17-13(15-8)20-11(16-17)7-19-10-5-3-2-4-9(10)14/h2-6H,7,14H2,1H3. The summed E-state index contributed by atoms with van der Waals surface area (Å²) in [5.41, 5.74) is 7.23. The van der Waals surface area contributed by atoms with E-state index in [0.717, 1.165) is 15.6 Å². The van der Waals surface area contributed by atoms with Gasteiger partial charge in [-0.3, -0.25) is 4.79 Å². The molecule has 2 heterocycles. The molecule has 0 amide bonds. The zero-order valence-electron chi connectivity index (χ0n) is 10.7. The van der Waals surface area contributed by atoms with Gasteiger partial charge in [-0.25, -0.2) is 4.98 Å². The second-order valence-electron chi connectivity index (χ2n) is 4.25. The van der Waals surface area contributed by atoms with Crippen LogP contribution in [-0.4, -0.2) is 14.6 Å². The number of nitrogens with two attached hydrogens (primary N) is 1. The van der Waals surface area contributed by atoms with Gasteiger partial charge in [0.15, 0.2) is 0 Å². The first-order chi connectivity index (χ1) is 9.63. The first-order valence-electron chi connectivity index (χ1n) is 5.97. The highest BCUT2D eigenvalue weighted by atomic mass is 32.2. The molecule has 0 bridgehead atoms. The number of aromatic nitrogens is 3. The third kappa shape index (κ3) is 2.54. The summed E-state index contributed by atoms with van der Waals surface area (Å²) in [6, 6.07) is 9.19. The third-order valence-electron chi connectivity index (χ3n) is 2.69. The second-order valence-corrected chi connectivity index (χ2v) is 6.31. The van der Waals surface area contributed by atoms with Gasteiger partial charge in [0.2, 0.25) is 4.96 Å². The van der Waals surface area contributed by atoms with E-state index in [1.54, 1.807) is 18.7 Å². The van der Waals surface area contributed by atoms with Crippen LogP contribution in [-0.2, 0) is 5.75 Å². The molecule has 3 rings (SSSR count). The van der Waals surface area contributed by atoms with Crippen LogP contribution < -0.4 is 11.3 Å². The number of nitrogen functional groups attached to an aromatic ring is 1. The molecular weight excluding hydrogens is 292 g/mol. The lowest BCUT2D eigenvalue weighted by molar-refractivity contribution is 0.870. The number of hydrogen-bond acceptors (Lipinski definition) is 6. The summed E-state index contributed by atoms with van der Waals surface area (Å²) < 4.78 is 1.35. The van der Waals surface area contributed by atoms with Crippen molar-refractivity contribution in [3.63, 3.8) is 0 Å². The van der Waals surface area contributed by atoms with E-state index in [9.17, 15) is 4.79 Å². The molecule has 102 valence electrons. The fraction of sp³-hybridized carbons (Fsp3) is 0.154. The zero-order chi connectivity index (χ0) is 14.1. The first-order valence-corrected chi connectivity index (χ1v) is 7.77. The van der Waals surface area contributed by atoms with Crippen LogP contribution in [0, 0.1) is 6.92 Å². The van der Waals surface area contributed by atoms with Crippen molar-refractivity contribution in [3.8, 4) is 0 Å². The first kappa shape index (κ1) is 13.1. The minimum Gasteiger partial charge on any atom is -0.398 e. The Morgan fingerprint density at radius 2 is 2.20 bits per heavy atom. The molecule has 0 unspecified atom stereocenters. The van der Waals surface area contributed by atoms with Gasteiger partial charge in [0.25, 0.3) is 5.56 Å².